The zero-order chi connectivity index (χ0) is 35.3. The van der Waals surface area contributed by atoms with Crippen LogP contribution in [-0.4, -0.2) is 8.07 Å². The summed E-state index contributed by atoms with van der Waals surface area (Å²) < 4.78 is 0. The Morgan fingerprint density at radius 2 is 0.941 bits per heavy atom. The Hall–Kier alpha value is -6.05. The predicted molar refractivity (Wildman–Crippen MR) is 219 cm³/mol. The van der Waals surface area contributed by atoms with Gasteiger partial charge in [-0.25, -0.2) is 0 Å². The van der Waals surface area contributed by atoms with Crippen LogP contribution in [0.5, 0.6) is 0 Å². The van der Waals surface area contributed by atoms with Gasteiger partial charge in [0.1, 0.15) is 0 Å². The first-order valence-corrected chi connectivity index (χ1v) is 20.9. The minimum Gasteiger partial charge on any atom is -0.310 e. The maximum Gasteiger partial charge on any atom is 0.0991 e. The van der Waals surface area contributed by atoms with Crippen LogP contribution in [0.1, 0.15) is 11.1 Å². The van der Waals surface area contributed by atoms with E-state index in [-0.39, 0.29) is 0 Å². The highest BCUT2D eigenvalue weighted by Gasteiger charge is 2.23. The van der Waals surface area contributed by atoms with E-state index in [2.05, 4.69) is 127 Å². The van der Waals surface area contributed by atoms with Gasteiger partial charge in [-0.05, 0) is 113 Å². The van der Waals surface area contributed by atoms with Crippen molar-refractivity contribution in [1.29, 1.82) is 10.5 Å². The smallest absolute Gasteiger partial charge is 0.0991 e. The van der Waals surface area contributed by atoms with Crippen LogP contribution in [-0.2, 0) is 0 Å². The molecule has 51 heavy (non-hydrogen) atoms. The Bertz CT molecular complexity index is 2660. The normalized spacial score (nSPS) is 11.5. The van der Waals surface area contributed by atoms with E-state index in [9.17, 15) is 10.5 Å². The van der Waals surface area contributed by atoms with Crippen LogP contribution in [0.25, 0.3) is 32.3 Å². The maximum atomic E-state index is 9.59. The molecule has 0 bridgehead atoms. The quantitative estimate of drug-likeness (QED) is 0.103. The van der Waals surface area contributed by atoms with Gasteiger partial charge in [0, 0.05) is 38.4 Å². The van der Waals surface area contributed by atoms with Gasteiger partial charge in [0.2, 0.25) is 0 Å². The van der Waals surface area contributed by atoms with E-state index >= 15 is 0 Å². The lowest BCUT2D eigenvalue weighted by Crippen LogP contribution is -2.37. The van der Waals surface area contributed by atoms with Crippen LogP contribution in [0.15, 0.2) is 150 Å². The second-order valence-electron chi connectivity index (χ2n) is 13.9. The van der Waals surface area contributed by atoms with Crippen molar-refractivity contribution in [2.75, 3.05) is 9.80 Å². The zero-order valence-corrected chi connectivity index (χ0v) is 30.5. The molecule has 0 N–H and O–H groups in total. The molecule has 244 valence electrons. The Balaban J connectivity index is 1.40. The van der Waals surface area contributed by atoms with Gasteiger partial charge in [0.15, 0.2) is 0 Å². The van der Waals surface area contributed by atoms with E-state index in [1.165, 1.54) is 21.3 Å². The Morgan fingerprint density at radius 1 is 0.490 bits per heavy atom. The van der Waals surface area contributed by atoms with Gasteiger partial charge in [-0.15, -0.1) is 12.6 Å². The van der Waals surface area contributed by atoms with Gasteiger partial charge < -0.3 is 9.80 Å². The van der Waals surface area contributed by atoms with Crippen molar-refractivity contribution in [3.05, 3.63) is 157 Å². The van der Waals surface area contributed by atoms with Crippen LogP contribution in [0.3, 0.4) is 0 Å². The first kappa shape index (κ1) is 32.2. The van der Waals surface area contributed by atoms with Crippen molar-refractivity contribution in [2.24, 2.45) is 0 Å². The lowest BCUT2D eigenvalue weighted by molar-refractivity contribution is 1.27. The standard InChI is InChI=1S/C45H34N4SSi/c1-51(2,3)39-9-5-7-37(27-39)49(35-20-12-31(29-47)13-21-35)43-25-17-33-14-22-40-42(24-16-32-15-23-41(43)45(33)44(32)40)48(36-6-4-8-38(50)26-36)34-18-10-30(28-46)11-19-34/h4-27,50H,1-3H3. The number of thiol groups is 1. The third kappa shape index (κ3) is 5.75. The van der Waals surface area contributed by atoms with E-state index in [1.54, 1.807) is 0 Å². The topological polar surface area (TPSA) is 54.1 Å². The van der Waals surface area contributed by atoms with Gasteiger partial charge in [0.05, 0.1) is 42.7 Å². The van der Waals surface area contributed by atoms with E-state index in [0.717, 1.165) is 55.2 Å². The molecule has 8 rings (SSSR count). The van der Waals surface area contributed by atoms with Crippen molar-refractivity contribution in [2.45, 2.75) is 24.5 Å². The van der Waals surface area contributed by atoms with E-state index in [1.807, 2.05) is 60.7 Å². The van der Waals surface area contributed by atoms with Crippen molar-refractivity contribution in [3.63, 3.8) is 0 Å². The summed E-state index contributed by atoms with van der Waals surface area (Å²) in [5, 5.41) is 27.5. The first-order chi connectivity index (χ1) is 24.7. The van der Waals surface area contributed by atoms with Crippen molar-refractivity contribution >= 4 is 92.3 Å². The predicted octanol–water partition coefficient (Wildman–Crippen LogP) is 12.1. The molecule has 0 atom stereocenters. The Labute approximate surface area is 304 Å². The second-order valence-corrected chi connectivity index (χ2v) is 19.5. The number of hydrogen-bond acceptors (Lipinski definition) is 5. The third-order valence-electron chi connectivity index (χ3n) is 9.67. The molecule has 0 spiro atoms. The van der Waals surface area contributed by atoms with Gasteiger partial charge in [-0.2, -0.15) is 10.5 Å². The first-order valence-electron chi connectivity index (χ1n) is 16.9. The summed E-state index contributed by atoms with van der Waals surface area (Å²) >= 11 is 4.69. The number of benzene rings is 8. The highest BCUT2D eigenvalue weighted by molar-refractivity contribution is 7.80. The highest BCUT2D eigenvalue weighted by atomic mass is 32.1. The minimum absolute atomic E-state index is 0.617. The molecule has 8 aromatic carbocycles. The molecule has 0 fully saturated rings. The maximum absolute atomic E-state index is 9.59. The van der Waals surface area contributed by atoms with Gasteiger partial charge in [-0.1, -0.05) is 79.4 Å². The number of anilines is 6. The summed E-state index contributed by atoms with van der Waals surface area (Å²) in [4.78, 5) is 5.45. The molecular formula is C45H34N4SSi. The molecule has 0 heterocycles. The monoisotopic (exact) mass is 690 g/mol. The molecule has 6 heteroatoms. The molecule has 0 radical (unpaired) electrons. The van der Waals surface area contributed by atoms with Crippen LogP contribution < -0.4 is 15.0 Å². The fraction of sp³-hybridized carbons (Fsp3) is 0.0667. The number of nitriles is 2. The SMILES string of the molecule is C[Si](C)(C)c1cccc(N(c2ccc(C#N)cc2)c2ccc3ccc4c(N(c5ccc(C#N)cc5)c5cccc(S)c5)ccc5ccc2c3c54)c1. The highest BCUT2D eigenvalue weighted by Crippen LogP contribution is 2.47. The Morgan fingerprint density at radius 3 is 1.39 bits per heavy atom. The van der Waals surface area contributed by atoms with Crippen molar-refractivity contribution < 1.29 is 0 Å². The largest absolute Gasteiger partial charge is 0.310 e. The summed E-state index contributed by atoms with van der Waals surface area (Å²) in [5.41, 5.74) is 7.39. The molecule has 4 nitrogen and oxygen atoms in total. The lowest BCUT2D eigenvalue weighted by atomic mass is 9.91. The van der Waals surface area contributed by atoms with Crippen molar-refractivity contribution in [3.8, 4) is 12.1 Å². The van der Waals surface area contributed by atoms with Crippen LogP contribution in [0.4, 0.5) is 34.1 Å². The average molecular weight is 691 g/mol. The number of nitrogens with zero attached hydrogens (tertiary/aromatic N) is 4. The van der Waals surface area contributed by atoms with Crippen molar-refractivity contribution in [1.82, 2.24) is 0 Å². The number of rotatable bonds is 7. The van der Waals surface area contributed by atoms with E-state index in [4.69, 9.17) is 12.6 Å². The van der Waals surface area contributed by atoms with Crippen LogP contribution >= 0.6 is 12.6 Å². The average Bonchev–Trinajstić information content (AvgIpc) is 3.15. The molecule has 0 aliphatic rings. The molecule has 0 saturated heterocycles. The fourth-order valence-corrected chi connectivity index (χ4v) is 8.52. The number of hydrogen-bond donors (Lipinski definition) is 1. The third-order valence-corrected chi connectivity index (χ3v) is 12.0. The molecule has 0 amide bonds. The van der Waals surface area contributed by atoms with Gasteiger partial charge in [-0.3, -0.25) is 0 Å². The van der Waals surface area contributed by atoms with Crippen LogP contribution in [0, 0.1) is 22.7 Å². The summed E-state index contributed by atoms with van der Waals surface area (Å²) in [6, 6.07) is 55.0. The van der Waals surface area contributed by atoms with Gasteiger partial charge in [0.25, 0.3) is 0 Å². The summed E-state index contributed by atoms with van der Waals surface area (Å²) in [7, 11) is -1.61. The van der Waals surface area contributed by atoms with Gasteiger partial charge >= 0.3 is 0 Å². The lowest BCUT2D eigenvalue weighted by Gasteiger charge is -2.30. The van der Waals surface area contributed by atoms with E-state index in [0.29, 0.717) is 11.1 Å². The Kier molecular flexibility index (Phi) is 8.00. The summed E-state index contributed by atoms with van der Waals surface area (Å²) in [6.07, 6.45) is 0. The minimum atomic E-state index is -1.61. The molecule has 8 aromatic rings. The molecule has 0 aliphatic carbocycles. The van der Waals surface area contributed by atoms with E-state index < -0.39 is 8.07 Å². The molecular weight excluding hydrogens is 657 g/mol. The fourth-order valence-electron chi connectivity index (χ4n) is 7.13. The summed E-state index contributed by atoms with van der Waals surface area (Å²) in [6.45, 7) is 7.12. The molecule has 0 aliphatic heterocycles. The summed E-state index contributed by atoms with van der Waals surface area (Å²) in [5.74, 6) is 0. The zero-order valence-electron chi connectivity index (χ0n) is 28.6. The molecule has 0 saturated carbocycles. The molecule has 0 aromatic heterocycles. The second kappa shape index (κ2) is 12.7. The van der Waals surface area contributed by atoms with Crippen LogP contribution in [0.2, 0.25) is 19.6 Å². The molecule has 0 unspecified atom stereocenters.